The number of aliphatic hydroxyl groups excluding tert-OH is 3. The predicted molar refractivity (Wildman–Crippen MR) is 263 cm³/mol. The maximum absolute atomic E-state index is 15.2. The zero-order chi connectivity index (χ0) is 53.3. The zero-order valence-corrected chi connectivity index (χ0v) is 42.6. The molecule has 402 valence electrons. The quantitative estimate of drug-likeness (QED) is 0.0900. The SMILES string of the molecule is CC[C@H](C)[C@@H]1NC(=O)CNC(=O)[C@H]2CC(=O)[C@H]([C@@H](C)[C@@H](O)CO)NC(=O)[C@@H]3C[C@@H](O)CN3C(=O)[C@H](CC(N)=O)CC(=O)[C@@H]3CS(=O)c4[nH]c5cc(ccc5c4C2)OC1(CCCCCCNC)C(=O)NCC(=O)N3. The number of carbonyl (C=O) groups is 9. The minimum Gasteiger partial charge on any atom is -0.475 e. The van der Waals surface area contributed by atoms with Crippen molar-refractivity contribution in [3.63, 3.8) is 0 Å². The third-order valence-corrected chi connectivity index (χ3v) is 16.2. The number of H-pyrrole nitrogens is 1. The van der Waals surface area contributed by atoms with Crippen LogP contribution >= 0.6 is 0 Å². The highest BCUT2D eigenvalue weighted by molar-refractivity contribution is 7.85. The van der Waals surface area contributed by atoms with Crippen molar-refractivity contribution in [3.8, 4) is 5.75 Å². The van der Waals surface area contributed by atoms with Gasteiger partial charge in [0.1, 0.15) is 16.8 Å². The number of rotatable bonds is 14. The van der Waals surface area contributed by atoms with Crippen LogP contribution in [0.5, 0.6) is 5.75 Å². The molecule has 1 aromatic carbocycles. The Bertz CT molecular complexity index is 2450. The number of ketones is 2. The van der Waals surface area contributed by atoms with Crippen molar-refractivity contribution in [2.45, 2.75) is 138 Å². The minimum atomic E-state index is -2.29. The van der Waals surface area contributed by atoms with Crippen LogP contribution in [0.15, 0.2) is 23.2 Å². The van der Waals surface area contributed by atoms with Crippen LogP contribution in [0.25, 0.3) is 10.9 Å². The lowest BCUT2D eigenvalue weighted by Crippen LogP contribution is -2.67. The molecule has 6 heterocycles. The summed E-state index contributed by atoms with van der Waals surface area (Å²) in [6.07, 6.45) is -2.65. The molecule has 24 heteroatoms. The highest BCUT2D eigenvalue weighted by Crippen LogP contribution is 2.37. The van der Waals surface area contributed by atoms with E-state index in [9.17, 15) is 57.9 Å². The number of hydrogen-bond acceptors (Lipinski definition) is 15. The maximum Gasteiger partial charge on any atom is 0.266 e. The molecule has 1 fully saturated rings. The number of aromatic nitrogens is 1. The number of aromatic amines is 1. The van der Waals surface area contributed by atoms with E-state index in [-0.39, 0.29) is 35.6 Å². The standard InChI is InChI=1S/C49H71N9O14S/c1-5-25(2)43-49(12-8-6-7-9-13-51-4)48(70)53-21-40(65)54-34-24-73(71)46-32(31-11-10-30(72-49)19-33(31)55-46)14-27(44(67)52-20-41(66)56-43)15-37(62)42(26(3)38(63)23-59)57-45(68)35-18-29(60)22-58(35)47(69)28(16-36(34)61)17-39(50)64/h10-11,19,25-29,34-35,38,42-43,51,55,59-60,63H,5-9,12-18,20-24H2,1-4H3,(H2,50,64)(H,52,67)(H,53,70)(H,54,65)(H,56,66)(H,57,68)/t25-,26-,27+,28-,29+,34-,35-,38-,42-,43-,49?,73?/m0/s1. The number of primary amides is 1. The second-order valence-electron chi connectivity index (χ2n) is 20.0. The van der Waals surface area contributed by atoms with E-state index >= 15 is 4.79 Å². The molecule has 2 aromatic rings. The average molecular weight is 1040 g/mol. The Kier molecular flexibility index (Phi) is 19.3. The minimum absolute atomic E-state index is 0.0293. The van der Waals surface area contributed by atoms with Crippen LogP contribution in [-0.2, 0) is 60.4 Å². The largest absolute Gasteiger partial charge is 0.475 e. The van der Waals surface area contributed by atoms with Gasteiger partial charge in [0, 0.05) is 55.5 Å². The fraction of sp³-hybridized carbons (Fsp3) is 0.653. The number of benzene rings is 1. The number of amides is 7. The summed E-state index contributed by atoms with van der Waals surface area (Å²) in [5, 5.41) is 48.7. The number of nitrogens with one attached hydrogen (secondary N) is 7. The Morgan fingerprint density at radius 3 is 2.36 bits per heavy atom. The van der Waals surface area contributed by atoms with E-state index in [0.717, 1.165) is 24.3 Å². The normalized spacial score (nSPS) is 29.2. The average Bonchev–Trinajstić information content (AvgIpc) is 3.93. The van der Waals surface area contributed by atoms with Gasteiger partial charge >= 0.3 is 0 Å². The van der Waals surface area contributed by atoms with E-state index in [1.807, 2.05) is 20.9 Å². The zero-order valence-electron chi connectivity index (χ0n) is 41.8. The van der Waals surface area contributed by atoms with Crippen molar-refractivity contribution in [2.75, 3.05) is 45.6 Å². The molecule has 0 spiro atoms. The molecular formula is C49H71N9O14S. The molecule has 7 amide bonds. The van der Waals surface area contributed by atoms with Gasteiger partial charge in [-0.25, -0.2) is 0 Å². The Balaban J connectivity index is 1.60. The lowest BCUT2D eigenvalue weighted by atomic mass is 9.79. The van der Waals surface area contributed by atoms with Crippen molar-refractivity contribution in [3.05, 3.63) is 23.8 Å². The summed E-state index contributed by atoms with van der Waals surface area (Å²) in [5.74, 6) is -13.1. The van der Waals surface area contributed by atoms with Crippen molar-refractivity contribution >= 4 is 74.6 Å². The topological polar surface area (TPSA) is 358 Å². The van der Waals surface area contributed by atoms with Crippen molar-refractivity contribution in [1.29, 1.82) is 0 Å². The number of hydrogen-bond donors (Lipinski definition) is 11. The van der Waals surface area contributed by atoms with E-state index in [1.165, 1.54) is 6.92 Å². The molecule has 0 saturated carbocycles. The van der Waals surface area contributed by atoms with E-state index in [1.54, 1.807) is 18.2 Å². The second kappa shape index (κ2) is 24.9. The number of nitrogens with zero attached hydrogens (tertiary/aromatic N) is 1. The summed E-state index contributed by atoms with van der Waals surface area (Å²) < 4.78 is 21.9. The number of carbonyl (C=O) groups excluding carboxylic acids is 9. The van der Waals surface area contributed by atoms with Gasteiger partial charge in [-0.15, -0.1) is 0 Å². The molecule has 12 N–H and O–H groups in total. The fourth-order valence-electron chi connectivity index (χ4n) is 10.4. The summed E-state index contributed by atoms with van der Waals surface area (Å²) in [6, 6.07) is -1.14. The molecule has 1 saturated heterocycles. The van der Waals surface area contributed by atoms with Gasteiger partial charge in [-0.1, -0.05) is 40.0 Å². The number of Topliss-reactive ketones (excluding diaryl/α,β-unsaturated/α-hetero) is 2. The summed E-state index contributed by atoms with van der Waals surface area (Å²) in [7, 11) is -0.445. The van der Waals surface area contributed by atoms with Crippen LogP contribution in [0.3, 0.4) is 0 Å². The van der Waals surface area contributed by atoms with Crippen LogP contribution in [0.1, 0.15) is 90.5 Å². The number of unbranched alkanes of at least 4 members (excludes halogenated alkanes) is 3. The third-order valence-electron chi connectivity index (χ3n) is 14.7. The highest BCUT2D eigenvalue weighted by Gasteiger charge is 2.51. The van der Waals surface area contributed by atoms with Gasteiger partial charge in [0.2, 0.25) is 41.0 Å². The number of fused-ring (bicyclic) bond motifs is 9. The van der Waals surface area contributed by atoms with Gasteiger partial charge in [-0.2, -0.15) is 0 Å². The Labute approximate surface area is 425 Å². The molecule has 7 rings (SSSR count). The molecule has 73 heavy (non-hydrogen) atoms. The molecule has 0 radical (unpaired) electrons. The van der Waals surface area contributed by atoms with Gasteiger partial charge in [0.25, 0.3) is 5.91 Å². The summed E-state index contributed by atoms with van der Waals surface area (Å²) in [6.45, 7) is 3.12. The lowest BCUT2D eigenvalue weighted by molar-refractivity contribution is -0.145. The smallest absolute Gasteiger partial charge is 0.266 e. The van der Waals surface area contributed by atoms with Crippen LogP contribution < -0.4 is 42.4 Å². The van der Waals surface area contributed by atoms with Crippen LogP contribution in [0.2, 0.25) is 0 Å². The highest BCUT2D eigenvalue weighted by atomic mass is 32.2. The Morgan fingerprint density at radius 2 is 1.66 bits per heavy atom. The van der Waals surface area contributed by atoms with Gasteiger partial charge in [0.15, 0.2) is 11.6 Å². The predicted octanol–water partition coefficient (Wildman–Crippen LogP) is -2.14. The molecule has 0 aliphatic carbocycles. The Morgan fingerprint density at radius 1 is 0.945 bits per heavy atom. The molecular weight excluding hydrogens is 971 g/mol. The summed E-state index contributed by atoms with van der Waals surface area (Å²) in [4.78, 5) is 133. The third kappa shape index (κ3) is 13.3. The van der Waals surface area contributed by atoms with E-state index in [0.29, 0.717) is 30.2 Å². The first-order chi connectivity index (χ1) is 34.7. The molecule has 8 bridgehead atoms. The van der Waals surface area contributed by atoms with Crippen molar-refractivity contribution in [2.24, 2.45) is 29.4 Å². The first-order valence-corrected chi connectivity index (χ1v) is 26.5. The molecule has 5 aliphatic rings. The molecule has 2 unspecified atom stereocenters. The van der Waals surface area contributed by atoms with Gasteiger partial charge in [-0.3, -0.25) is 47.4 Å². The van der Waals surface area contributed by atoms with E-state index < -0.39 is 181 Å². The van der Waals surface area contributed by atoms with E-state index in [2.05, 4.69) is 36.9 Å². The maximum atomic E-state index is 15.2. The van der Waals surface area contributed by atoms with Gasteiger partial charge in [0.05, 0.1) is 78.0 Å². The first kappa shape index (κ1) is 56.5. The fourth-order valence-corrected chi connectivity index (χ4v) is 11.9. The van der Waals surface area contributed by atoms with Crippen molar-refractivity contribution in [1.82, 2.24) is 41.8 Å². The van der Waals surface area contributed by atoms with Crippen LogP contribution in [0.4, 0.5) is 0 Å². The van der Waals surface area contributed by atoms with E-state index in [4.69, 9.17) is 10.5 Å². The Hall–Kier alpha value is -5.82. The first-order valence-electron chi connectivity index (χ1n) is 25.1. The monoisotopic (exact) mass is 1040 g/mol. The second-order valence-corrected chi connectivity index (χ2v) is 21.4. The van der Waals surface area contributed by atoms with Gasteiger partial charge < -0.3 is 67.6 Å². The number of nitrogens with two attached hydrogens (primary N) is 1. The van der Waals surface area contributed by atoms with Crippen LogP contribution in [-0.4, -0.2) is 170 Å². The summed E-state index contributed by atoms with van der Waals surface area (Å²) in [5.41, 5.74) is 4.21. The van der Waals surface area contributed by atoms with Crippen molar-refractivity contribution < 1.29 is 67.4 Å². The number of aliphatic hydroxyl groups is 3. The van der Waals surface area contributed by atoms with Gasteiger partial charge in [-0.05, 0) is 62.9 Å². The summed E-state index contributed by atoms with van der Waals surface area (Å²) >= 11 is 0. The van der Waals surface area contributed by atoms with Crippen LogP contribution in [0, 0.1) is 23.7 Å². The molecule has 1 aromatic heterocycles. The molecule has 12 atom stereocenters. The molecule has 5 aliphatic heterocycles. The lowest BCUT2D eigenvalue weighted by Gasteiger charge is -2.42. The number of ether oxygens (including phenoxy) is 1. The molecule has 23 nitrogen and oxygen atoms in total.